The van der Waals surface area contributed by atoms with Crippen LogP contribution in [0.3, 0.4) is 0 Å². The summed E-state index contributed by atoms with van der Waals surface area (Å²) in [5, 5.41) is 16.7. The molecule has 0 spiro atoms. The van der Waals surface area contributed by atoms with E-state index in [-0.39, 0.29) is 17.2 Å². The maximum atomic E-state index is 12.7. The molecule has 1 atom stereocenters. The van der Waals surface area contributed by atoms with Crippen LogP contribution in [-0.4, -0.2) is 27.5 Å². The molecule has 4 nitrogen and oxygen atoms in total. The van der Waals surface area contributed by atoms with Crippen LogP contribution in [0.4, 0.5) is 0 Å². The van der Waals surface area contributed by atoms with Crippen molar-refractivity contribution in [1.29, 1.82) is 0 Å². The van der Waals surface area contributed by atoms with Gasteiger partial charge in [-0.1, -0.05) is 52.8 Å². The highest BCUT2D eigenvalue weighted by Gasteiger charge is 2.48. The Kier molecular flexibility index (Phi) is 3.93. The molecule has 0 unspecified atom stereocenters. The molecule has 114 valence electrons. The van der Waals surface area contributed by atoms with E-state index in [1.807, 2.05) is 52.8 Å². The third-order valence-corrected chi connectivity index (χ3v) is 4.02. The average molecular weight is 288 g/mol. The molecule has 1 aliphatic rings. The van der Waals surface area contributed by atoms with Crippen LogP contribution >= 0.6 is 0 Å². The summed E-state index contributed by atoms with van der Waals surface area (Å²) in [5.41, 5.74) is -0.0390. The Bertz CT molecular complexity index is 558. The standard InChI is InChI=1S/C17H24N2O2/c1-12(2)17(21)11-14(16(3,4)5)18-19(17)15(20)13-9-7-6-8-10-13/h6-10,12,21H,11H2,1-5H3/t17-/m1/s1. The molecular weight excluding hydrogens is 264 g/mol. The highest BCUT2D eigenvalue weighted by Crippen LogP contribution is 2.38. The first kappa shape index (κ1) is 15.7. The molecule has 0 bridgehead atoms. The lowest BCUT2D eigenvalue weighted by atomic mass is 9.83. The van der Waals surface area contributed by atoms with E-state index in [9.17, 15) is 9.90 Å². The Labute approximate surface area is 126 Å². The first-order chi connectivity index (χ1) is 9.66. The van der Waals surface area contributed by atoms with Crippen molar-refractivity contribution in [2.45, 2.75) is 46.8 Å². The number of hydrogen-bond donors (Lipinski definition) is 1. The number of amides is 1. The minimum absolute atomic E-state index is 0.103. The SMILES string of the molecule is CC(C)[C@]1(O)CC(C(C)(C)C)=NN1C(=O)c1ccccc1. The molecule has 1 amide bonds. The van der Waals surface area contributed by atoms with Crippen molar-refractivity contribution < 1.29 is 9.90 Å². The third kappa shape index (κ3) is 2.86. The van der Waals surface area contributed by atoms with E-state index in [1.54, 1.807) is 12.1 Å². The third-order valence-electron chi connectivity index (χ3n) is 4.02. The van der Waals surface area contributed by atoms with Gasteiger partial charge >= 0.3 is 0 Å². The van der Waals surface area contributed by atoms with Gasteiger partial charge < -0.3 is 5.11 Å². The zero-order chi connectivity index (χ0) is 15.8. The first-order valence-electron chi connectivity index (χ1n) is 7.36. The van der Waals surface area contributed by atoms with E-state index in [0.717, 1.165) is 5.71 Å². The van der Waals surface area contributed by atoms with Gasteiger partial charge in [0, 0.05) is 29.0 Å². The monoisotopic (exact) mass is 288 g/mol. The molecule has 1 aromatic carbocycles. The summed E-state index contributed by atoms with van der Waals surface area (Å²) in [6.07, 6.45) is 0.396. The molecule has 2 rings (SSSR count). The van der Waals surface area contributed by atoms with Crippen molar-refractivity contribution in [3.05, 3.63) is 35.9 Å². The molecule has 21 heavy (non-hydrogen) atoms. The Balaban J connectivity index is 2.42. The summed E-state index contributed by atoms with van der Waals surface area (Å²) in [6.45, 7) is 9.95. The van der Waals surface area contributed by atoms with Gasteiger partial charge in [0.1, 0.15) is 0 Å². The summed E-state index contributed by atoms with van der Waals surface area (Å²) in [5.74, 6) is -0.361. The molecular formula is C17H24N2O2. The van der Waals surface area contributed by atoms with E-state index in [2.05, 4.69) is 5.10 Å². The maximum Gasteiger partial charge on any atom is 0.276 e. The second kappa shape index (κ2) is 5.26. The smallest absolute Gasteiger partial charge is 0.276 e. The minimum Gasteiger partial charge on any atom is -0.368 e. The lowest BCUT2D eigenvalue weighted by molar-refractivity contribution is -0.104. The molecule has 0 aliphatic carbocycles. The summed E-state index contributed by atoms with van der Waals surface area (Å²) >= 11 is 0. The molecule has 4 heteroatoms. The molecule has 0 radical (unpaired) electrons. The Morgan fingerprint density at radius 3 is 2.33 bits per heavy atom. The number of rotatable bonds is 2. The minimum atomic E-state index is -1.25. The maximum absolute atomic E-state index is 12.7. The predicted octanol–water partition coefficient (Wildman–Crippen LogP) is 3.28. The second-order valence-corrected chi connectivity index (χ2v) is 6.99. The van der Waals surface area contributed by atoms with Gasteiger partial charge in [0.2, 0.25) is 0 Å². The fourth-order valence-corrected chi connectivity index (χ4v) is 2.35. The van der Waals surface area contributed by atoms with Crippen molar-refractivity contribution in [3.8, 4) is 0 Å². The van der Waals surface area contributed by atoms with Crippen LogP contribution in [0.2, 0.25) is 0 Å². The zero-order valence-electron chi connectivity index (χ0n) is 13.4. The quantitative estimate of drug-likeness (QED) is 0.908. The van der Waals surface area contributed by atoms with E-state index in [1.165, 1.54) is 5.01 Å². The number of benzene rings is 1. The molecule has 1 aliphatic heterocycles. The van der Waals surface area contributed by atoms with E-state index < -0.39 is 5.72 Å². The van der Waals surface area contributed by atoms with Crippen molar-refractivity contribution in [3.63, 3.8) is 0 Å². The Morgan fingerprint density at radius 2 is 1.86 bits per heavy atom. The van der Waals surface area contributed by atoms with Gasteiger partial charge in [-0.25, -0.2) is 0 Å². The highest BCUT2D eigenvalue weighted by molar-refractivity contribution is 5.99. The zero-order valence-corrected chi connectivity index (χ0v) is 13.4. The van der Waals surface area contributed by atoms with Crippen LogP contribution in [0, 0.1) is 11.3 Å². The predicted molar refractivity (Wildman–Crippen MR) is 83.9 cm³/mol. The van der Waals surface area contributed by atoms with E-state index in [0.29, 0.717) is 12.0 Å². The lowest BCUT2D eigenvalue weighted by Gasteiger charge is -2.34. The van der Waals surface area contributed by atoms with Gasteiger partial charge in [-0.2, -0.15) is 10.1 Å². The number of hydrogen-bond acceptors (Lipinski definition) is 3. The van der Waals surface area contributed by atoms with Crippen molar-refractivity contribution >= 4 is 11.6 Å². The van der Waals surface area contributed by atoms with Crippen molar-refractivity contribution in [1.82, 2.24) is 5.01 Å². The summed E-state index contributed by atoms with van der Waals surface area (Å²) < 4.78 is 0. The summed E-state index contributed by atoms with van der Waals surface area (Å²) in [4.78, 5) is 12.7. The molecule has 1 aromatic rings. The Hall–Kier alpha value is -1.68. The van der Waals surface area contributed by atoms with Crippen LogP contribution in [-0.2, 0) is 0 Å². The molecule has 0 saturated heterocycles. The van der Waals surface area contributed by atoms with Crippen LogP contribution in [0.15, 0.2) is 35.4 Å². The first-order valence-corrected chi connectivity index (χ1v) is 7.36. The lowest BCUT2D eigenvalue weighted by Crippen LogP contribution is -2.50. The van der Waals surface area contributed by atoms with Crippen molar-refractivity contribution in [2.75, 3.05) is 0 Å². The summed E-state index contributed by atoms with van der Waals surface area (Å²) in [6, 6.07) is 8.97. The summed E-state index contributed by atoms with van der Waals surface area (Å²) in [7, 11) is 0. The van der Waals surface area contributed by atoms with E-state index in [4.69, 9.17) is 0 Å². The van der Waals surface area contributed by atoms with Gasteiger partial charge in [-0.3, -0.25) is 4.79 Å². The van der Waals surface area contributed by atoms with Gasteiger partial charge in [0.25, 0.3) is 5.91 Å². The molecule has 1 N–H and O–H groups in total. The number of nitrogens with zero attached hydrogens (tertiary/aromatic N) is 2. The fourth-order valence-electron chi connectivity index (χ4n) is 2.35. The number of aliphatic hydroxyl groups is 1. The average Bonchev–Trinajstić information content (AvgIpc) is 2.78. The van der Waals surface area contributed by atoms with Crippen LogP contribution in [0.1, 0.15) is 51.4 Å². The van der Waals surface area contributed by atoms with Crippen molar-refractivity contribution in [2.24, 2.45) is 16.4 Å². The molecule has 0 aromatic heterocycles. The topological polar surface area (TPSA) is 52.9 Å². The number of carbonyl (C=O) groups is 1. The Morgan fingerprint density at radius 1 is 1.29 bits per heavy atom. The van der Waals surface area contributed by atoms with Gasteiger partial charge in [0.05, 0.1) is 0 Å². The molecule has 0 fully saturated rings. The van der Waals surface area contributed by atoms with Crippen LogP contribution in [0.5, 0.6) is 0 Å². The van der Waals surface area contributed by atoms with Gasteiger partial charge in [-0.05, 0) is 12.1 Å². The molecule has 0 saturated carbocycles. The fraction of sp³-hybridized carbons (Fsp3) is 0.529. The van der Waals surface area contributed by atoms with Crippen LogP contribution in [0.25, 0.3) is 0 Å². The number of carbonyl (C=O) groups excluding carboxylic acids is 1. The number of hydrazone groups is 1. The highest BCUT2D eigenvalue weighted by atomic mass is 16.3. The van der Waals surface area contributed by atoms with Gasteiger partial charge in [-0.15, -0.1) is 0 Å². The normalized spacial score (nSPS) is 22.6. The second-order valence-electron chi connectivity index (χ2n) is 6.99. The van der Waals surface area contributed by atoms with Crippen LogP contribution < -0.4 is 0 Å². The largest absolute Gasteiger partial charge is 0.368 e. The van der Waals surface area contributed by atoms with Gasteiger partial charge in [0.15, 0.2) is 5.72 Å². The molecule has 1 heterocycles. The van der Waals surface area contributed by atoms with E-state index >= 15 is 0 Å².